The van der Waals surface area contributed by atoms with Crippen molar-refractivity contribution in [3.8, 4) is 0 Å². The van der Waals surface area contributed by atoms with E-state index in [1.54, 1.807) is 42.5 Å². The van der Waals surface area contributed by atoms with E-state index in [0.29, 0.717) is 22.4 Å². The van der Waals surface area contributed by atoms with E-state index < -0.39 is 17.3 Å². The second-order valence-electron chi connectivity index (χ2n) is 7.82. The van der Waals surface area contributed by atoms with E-state index in [-0.39, 0.29) is 18.7 Å². The summed E-state index contributed by atoms with van der Waals surface area (Å²) in [7, 11) is 0. The Bertz CT molecular complexity index is 1160. The van der Waals surface area contributed by atoms with Gasteiger partial charge in [-0.1, -0.05) is 54.1 Å². The lowest BCUT2D eigenvalue weighted by Gasteiger charge is -2.23. The van der Waals surface area contributed by atoms with Gasteiger partial charge in [-0.05, 0) is 43.2 Å². The largest absolute Gasteiger partial charge is 0.375 e. The van der Waals surface area contributed by atoms with Crippen molar-refractivity contribution in [3.63, 3.8) is 0 Å². The van der Waals surface area contributed by atoms with Crippen molar-refractivity contribution in [2.24, 2.45) is 0 Å². The summed E-state index contributed by atoms with van der Waals surface area (Å²) >= 11 is 0. The average molecular weight is 403 g/mol. The number of rotatable bonds is 5. The third-order valence-electron chi connectivity index (χ3n) is 5.57. The van der Waals surface area contributed by atoms with Gasteiger partial charge in [0.1, 0.15) is 5.82 Å². The van der Waals surface area contributed by atoms with E-state index in [1.165, 1.54) is 17.0 Å². The Labute approximate surface area is 174 Å². The normalized spacial score (nSPS) is 17.9. The quantitative estimate of drug-likeness (QED) is 0.641. The minimum Gasteiger partial charge on any atom is -0.375 e. The summed E-state index contributed by atoms with van der Waals surface area (Å²) in [5, 5.41) is 11.4. The highest BCUT2D eigenvalue weighted by molar-refractivity contribution is 6.11. The molecule has 1 atom stereocenters. The van der Waals surface area contributed by atoms with Gasteiger partial charge < -0.3 is 10.0 Å². The zero-order valence-corrected chi connectivity index (χ0v) is 16.9. The third kappa shape index (κ3) is 3.42. The molecule has 1 aliphatic rings. The molecule has 0 fully saturated rings. The van der Waals surface area contributed by atoms with Crippen LogP contribution in [-0.2, 0) is 16.9 Å². The van der Waals surface area contributed by atoms with Crippen molar-refractivity contribution in [2.75, 3.05) is 4.90 Å². The third-order valence-corrected chi connectivity index (χ3v) is 5.57. The summed E-state index contributed by atoms with van der Waals surface area (Å²) in [5.41, 5.74) is 1.89. The number of fused-ring (bicyclic) bond motifs is 1. The highest BCUT2D eigenvalue weighted by Crippen LogP contribution is 2.43. The molecule has 3 aromatic carbocycles. The second kappa shape index (κ2) is 7.50. The van der Waals surface area contributed by atoms with Crippen LogP contribution in [-0.4, -0.2) is 16.8 Å². The number of ketones is 1. The number of carbonyl (C=O) groups is 2. The average Bonchev–Trinajstić information content (AvgIpc) is 2.90. The molecule has 4 rings (SSSR count). The van der Waals surface area contributed by atoms with E-state index >= 15 is 0 Å². The zero-order chi connectivity index (χ0) is 21.5. The van der Waals surface area contributed by atoms with E-state index in [0.717, 1.165) is 11.1 Å². The Kier molecular flexibility index (Phi) is 5.00. The summed E-state index contributed by atoms with van der Waals surface area (Å²) in [6, 6.07) is 18.3. The van der Waals surface area contributed by atoms with Gasteiger partial charge in [0, 0.05) is 11.1 Å². The van der Waals surface area contributed by atoms with Crippen molar-refractivity contribution >= 4 is 17.4 Å². The van der Waals surface area contributed by atoms with Crippen LogP contribution in [0, 0.1) is 19.7 Å². The first kappa shape index (κ1) is 20.0. The van der Waals surface area contributed by atoms with E-state index in [1.807, 2.05) is 26.0 Å². The molecular formula is C25H22FNO3. The molecule has 0 aromatic heterocycles. The predicted octanol–water partition coefficient (Wildman–Crippen LogP) is 4.45. The number of halogens is 1. The number of anilines is 1. The molecule has 4 nitrogen and oxygen atoms in total. The smallest absolute Gasteiger partial charge is 0.264 e. The van der Waals surface area contributed by atoms with E-state index in [4.69, 9.17) is 0 Å². The van der Waals surface area contributed by atoms with Gasteiger partial charge in [-0.2, -0.15) is 0 Å². The van der Waals surface area contributed by atoms with Crippen LogP contribution in [0.25, 0.3) is 0 Å². The van der Waals surface area contributed by atoms with Gasteiger partial charge in [-0.25, -0.2) is 4.39 Å². The van der Waals surface area contributed by atoms with Crippen LogP contribution in [0.4, 0.5) is 10.1 Å². The number of para-hydroxylation sites is 1. The first-order chi connectivity index (χ1) is 14.3. The lowest BCUT2D eigenvalue weighted by molar-refractivity contribution is -0.136. The van der Waals surface area contributed by atoms with Crippen molar-refractivity contribution in [1.29, 1.82) is 0 Å². The molecule has 1 aliphatic heterocycles. The maximum absolute atomic E-state index is 13.6. The fourth-order valence-electron chi connectivity index (χ4n) is 4.11. The summed E-state index contributed by atoms with van der Waals surface area (Å²) in [4.78, 5) is 27.7. The molecule has 0 radical (unpaired) electrons. The predicted molar refractivity (Wildman–Crippen MR) is 113 cm³/mol. The molecule has 0 spiro atoms. The number of hydrogen-bond acceptors (Lipinski definition) is 3. The van der Waals surface area contributed by atoms with Gasteiger partial charge in [-0.3, -0.25) is 9.59 Å². The van der Waals surface area contributed by atoms with E-state index in [9.17, 15) is 19.1 Å². The highest BCUT2D eigenvalue weighted by Gasteiger charge is 2.50. The molecule has 0 bridgehead atoms. The molecule has 1 amide bonds. The summed E-state index contributed by atoms with van der Waals surface area (Å²) in [6.45, 7) is 3.88. The van der Waals surface area contributed by atoms with Crippen molar-refractivity contribution < 1.29 is 19.1 Å². The minimum atomic E-state index is -1.96. The lowest BCUT2D eigenvalue weighted by atomic mass is 9.87. The molecule has 0 aliphatic carbocycles. The molecular weight excluding hydrogens is 381 g/mol. The number of hydrogen-bond donors (Lipinski definition) is 1. The van der Waals surface area contributed by atoms with Crippen LogP contribution in [0.15, 0.2) is 66.7 Å². The number of amides is 1. The fraction of sp³-hybridized carbons (Fsp3) is 0.200. The molecule has 0 saturated carbocycles. The van der Waals surface area contributed by atoms with Gasteiger partial charge in [0.25, 0.3) is 5.91 Å². The zero-order valence-electron chi connectivity index (χ0n) is 16.9. The molecule has 152 valence electrons. The van der Waals surface area contributed by atoms with Crippen molar-refractivity contribution in [2.45, 2.75) is 32.4 Å². The monoisotopic (exact) mass is 403 g/mol. The van der Waals surface area contributed by atoms with E-state index in [2.05, 4.69) is 0 Å². The topological polar surface area (TPSA) is 57.6 Å². The molecule has 3 aromatic rings. The number of nitrogens with zero attached hydrogens (tertiary/aromatic N) is 1. The summed E-state index contributed by atoms with van der Waals surface area (Å²) < 4.78 is 13.6. The van der Waals surface area contributed by atoms with Gasteiger partial charge >= 0.3 is 0 Å². The van der Waals surface area contributed by atoms with Crippen LogP contribution >= 0.6 is 0 Å². The molecule has 1 heterocycles. The lowest BCUT2D eigenvalue weighted by Crippen LogP contribution is -2.41. The number of carbonyl (C=O) groups excluding carboxylic acids is 2. The Hall–Kier alpha value is -3.31. The number of benzene rings is 3. The second-order valence-corrected chi connectivity index (χ2v) is 7.82. The highest BCUT2D eigenvalue weighted by atomic mass is 19.1. The maximum atomic E-state index is 13.6. The minimum absolute atomic E-state index is 0.105. The number of aliphatic hydroxyl groups is 1. The molecule has 1 N–H and O–H groups in total. The molecule has 30 heavy (non-hydrogen) atoms. The molecule has 0 saturated heterocycles. The van der Waals surface area contributed by atoms with Crippen molar-refractivity contribution in [3.05, 3.63) is 100 Å². The Balaban J connectivity index is 1.69. The van der Waals surface area contributed by atoms with Crippen LogP contribution in [0.5, 0.6) is 0 Å². The van der Waals surface area contributed by atoms with Gasteiger partial charge in [0.15, 0.2) is 11.4 Å². The number of Topliss-reactive ketones (excluding diaryl/α,β-unsaturated/α-hetero) is 1. The van der Waals surface area contributed by atoms with Gasteiger partial charge in [0.2, 0.25) is 0 Å². The Morgan fingerprint density at radius 2 is 1.80 bits per heavy atom. The maximum Gasteiger partial charge on any atom is 0.264 e. The molecule has 0 unspecified atom stereocenters. The van der Waals surface area contributed by atoms with Gasteiger partial charge in [0.05, 0.1) is 18.7 Å². The summed E-state index contributed by atoms with van der Waals surface area (Å²) in [5.74, 6) is -1.27. The fourth-order valence-corrected chi connectivity index (χ4v) is 4.11. The Morgan fingerprint density at radius 3 is 2.53 bits per heavy atom. The Morgan fingerprint density at radius 1 is 1.03 bits per heavy atom. The summed E-state index contributed by atoms with van der Waals surface area (Å²) in [6.07, 6.45) is -0.355. The first-order valence-corrected chi connectivity index (χ1v) is 9.78. The van der Waals surface area contributed by atoms with Crippen LogP contribution < -0.4 is 4.90 Å². The van der Waals surface area contributed by atoms with Crippen LogP contribution in [0.2, 0.25) is 0 Å². The molecule has 5 heteroatoms. The van der Waals surface area contributed by atoms with Crippen molar-refractivity contribution in [1.82, 2.24) is 0 Å². The number of aryl methyl sites for hydroxylation is 2. The van der Waals surface area contributed by atoms with Crippen LogP contribution in [0.1, 0.15) is 39.0 Å². The standard InChI is InChI=1S/C25H22FNO3/c1-16-10-11-20(17(2)12-16)23(28)14-25(30)21-8-3-4-9-22(21)27(24(25)29)15-18-6-5-7-19(26)13-18/h3-13,30H,14-15H2,1-2H3/t25-/m0/s1. The SMILES string of the molecule is Cc1ccc(C(=O)C[C@@]2(O)C(=O)N(Cc3cccc(F)c3)c3ccccc32)c(C)c1. The van der Waals surface area contributed by atoms with Crippen LogP contribution in [0.3, 0.4) is 0 Å². The van der Waals surface area contributed by atoms with Gasteiger partial charge in [-0.15, -0.1) is 0 Å². The first-order valence-electron chi connectivity index (χ1n) is 9.78.